The minimum absolute atomic E-state index is 0.0389. The summed E-state index contributed by atoms with van der Waals surface area (Å²) in [6, 6.07) is 13.4. The van der Waals surface area contributed by atoms with E-state index >= 15 is 0 Å². The summed E-state index contributed by atoms with van der Waals surface area (Å²) in [6.45, 7) is 0. The lowest BCUT2D eigenvalue weighted by atomic mass is 10.1. The predicted octanol–water partition coefficient (Wildman–Crippen LogP) is 6.80. The summed E-state index contributed by atoms with van der Waals surface area (Å²) in [5.74, 6) is -0.112. The zero-order valence-corrected chi connectivity index (χ0v) is 16.9. The smallest absolute Gasteiger partial charge is 0.417 e. The highest BCUT2D eigenvalue weighted by Crippen LogP contribution is 2.41. The van der Waals surface area contributed by atoms with Crippen molar-refractivity contribution in [1.29, 1.82) is 0 Å². The maximum atomic E-state index is 13.5. The van der Waals surface area contributed by atoms with Crippen molar-refractivity contribution in [1.82, 2.24) is 9.55 Å². The van der Waals surface area contributed by atoms with Crippen LogP contribution >= 0.6 is 0 Å². The van der Waals surface area contributed by atoms with E-state index in [0.717, 1.165) is 37.3 Å². The van der Waals surface area contributed by atoms with Gasteiger partial charge in [-0.05, 0) is 49.2 Å². The second kappa shape index (κ2) is 7.55. The number of carboxylic acid groups (broad SMARTS) is 1. The Morgan fingerprint density at radius 2 is 1.75 bits per heavy atom. The van der Waals surface area contributed by atoms with E-state index in [1.54, 1.807) is 12.1 Å². The maximum Gasteiger partial charge on any atom is 0.417 e. The van der Waals surface area contributed by atoms with E-state index in [4.69, 9.17) is 4.42 Å². The highest BCUT2D eigenvalue weighted by molar-refractivity contribution is 5.93. The van der Waals surface area contributed by atoms with Gasteiger partial charge < -0.3 is 14.1 Å². The number of nitrogens with zero attached hydrogens (tertiary/aromatic N) is 2. The minimum atomic E-state index is -4.51. The largest absolute Gasteiger partial charge is 0.478 e. The number of carbonyl (C=O) groups is 1. The normalized spacial score (nSPS) is 15.0. The quantitative estimate of drug-likeness (QED) is 0.379. The number of carboxylic acids is 1. The highest BCUT2D eigenvalue weighted by Gasteiger charge is 2.34. The molecule has 8 heteroatoms. The summed E-state index contributed by atoms with van der Waals surface area (Å²) in [4.78, 5) is 16.0. The van der Waals surface area contributed by atoms with Gasteiger partial charge in [0.15, 0.2) is 11.6 Å². The molecule has 1 aliphatic rings. The number of fused-ring (bicyclic) bond motifs is 1. The lowest BCUT2D eigenvalue weighted by molar-refractivity contribution is -0.137. The molecule has 0 bridgehead atoms. The van der Waals surface area contributed by atoms with Crippen LogP contribution in [-0.4, -0.2) is 20.6 Å². The van der Waals surface area contributed by atoms with Gasteiger partial charge in [0.1, 0.15) is 5.76 Å². The molecular formula is C24H19F3N2O3. The topological polar surface area (TPSA) is 68.3 Å². The van der Waals surface area contributed by atoms with Gasteiger partial charge in [0.25, 0.3) is 0 Å². The molecule has 2 aromatic carbocycles. The van der Waals surface area contributed by atoms with E-state index < -0.39 is 17.7 Å². The number of aromatic carboxylic acids is 1. The average molecular weight is 440 g/mol. The van der Waals surface area contributed by atoms with Crippen molar-refractivity contribution in [3.05, 3.63) is 65.7 Å². The Labute approximate surface area is 181 Å². The van der Waals surface area contributed by atoms with Gasteiger partial charge in [-0.25, -0.2) is 9.78 Å². The van der Waals surface area contributed by atoms with Crippen LogP contribution in [0.4, 0.5) is 13.2 Å². The second-order valence-corrected chi connectivity index (χ2v) is 7.96. The summed E-state index contributed by atoms with van der Waals surface area (Å²) in [5, 5.41) is 9.33. The molecule has 1 saturated carbocycles. The molecule has 164 valence electrons. The number of alkyl halides is 3. The molecule has 2 aromatic heterocycles. The Bertz CT molecular complexity index is 1310. The molecule has 0 aliphatic heterocycles. The van der Waals surface area contributed by atoms with Crippen molar-refractivity contribution < 1.29 is 27.5 Å². The summed E-state index contributed by atoms with van der Waals surface area (Å²) >= 11 is 0. The highest BCUT2D eigenvalue weighted by atomic mass is 19.4. The van der Waals surface area contributed by atoms with Gasteiger partial charge in [-0.1, -0.05) is 31.0 Å². The van der Waals surface area contributed by atoms with Crippen LogP contribution in [0.15, 0.2) is 59.0 Å². The zero-order valence-electron chi connectivity index (χ0n) is 16.9. The standard InChI is InChI=1S/C24H19F3N2O3/c25-24(26,27)17-8-4-3-7-16(17)20-11-12-21(32-20)22-28-18-13-14(23(30)31)9-10-19(18)29(22)15-5-1-2-6-15/h3-4,7-13,15H,1-2,5-6H2,(H,30,31). The van der Waals surface area contributed by atoms with E-state index in [1.807, 2.05) is 4.57 Å². The van der Waals surface area contributed by atoms with Crippen LogP contribution < -0.4 is 0 Å². The number of benzene rings is 2. The number of halogens is 3. The van der Waals surface area contributed by atoms with Crippen LogP contribution in [0.25, 0.3) is 33.9 Å². The first kappa shape index (κ1) is 20.4. The Hall–Kier alpha value is -3.55. The van der Waals surface area contributed by atoms with E-state index in [1.165, 1.54) is 36.4 Å². The zero-order chi connectivity index (χ0) is 22.5. The molecule has 5 nitrogen and oxygen atoms in total. The first-order chi connectivity index (χ1) is 15.3. The molecular weight excluding hydrogens is 421 g/mol. The van der Waals surface area contributed by atoms with Crippen molar-refractivity contribution in [2.24, 2.45) is 0 Å². The van der Waals surface area contributed by atoms with Crippen LogP contribution in [-0.2, 0) is 6.18 Å². The molecule has 2 heterocycles. The van der Waals surface area contributed by atoms with Gasteiger partial charge in [-0.2, -0.15) is 13.2 Å². The second-order valence-electron chi connectivity index (χ2n) is 7.96. The van der Waals surface area contributed by atoms with Gasteiger partial charge in [0.2, 0.25) is 0 Å². The van der Waals surface area contributed by atoms with Crippen molar-refractivity contribution in [3.63, 3.8) is 0 Å². The molecule has 0 spiro atoms. The van der Waals surface area contributed by atoms with Crippen LogP contribution in [0.5, 0.6) is 0 Å². The number of imidazole rings is 1. The van der Waals surface area contributed by atoms with Gasteiger partial charge in [-0.15, -0.1) is 0 Å². The number of aromatic nitrogens is 2. The fraction of sp³-hybridized carbons (Fsp3) is 0.250. The van der Waals surface area contributed by atoms with Gasteiger partial charge in [-0.3, -0.25) is 0 Å². The Kier molecular flexibility index (Phi) is 4.80. The number of hydrogen-bond donors (Lipinski definition) is 1. The molecule has 0 atom stereocenters. The predicted molar refractivity (Wildman–Crippen MR) is 112 cm³/mol. The third-order valence-electron chi connectivity index (χ3n) is 5.95. The molecule has 5 rings (SSSR count). The van der Waals surface area contributed by atoms with Crippen molar-refractivity contribution in [2.45, 2.75) is 37.9 Å². The Balaban J connectivity index is 1.65. The third kappa shape index (κ3) is 3.45. The molecule has 1 aliphatic carbocycles. The summed E-state index contributed by atoms with van der Waals surface area (Å²) in [6.07, 6.45) is -0.473. The van der Waals surface area contributed by atoms with Crippen molar-refractivity contribution >= 4 is 17.0 Å². The van der Waals surface area contributed by atoms with Gasteiger partial charge in [0, 0.05) is 11.6 Å². The fourth-order valence-corrected chi connectivity index (χ4v) is 4.49. The SMILES string of the molecule is O=C(O)c1ccc2c(c1)nc(-c1ccc(-c3ccccc3C(F)(F)F)o1)n2C1CCCC1. The Morgan fingerprint density at radius 3 is 2.47 bits per heavy atom. The Morgan fingerprint density at radius 1 is 1.03 bits per heavy atom. The van der Waals surface area contributed by atoms with Crippen LogP contribution in [0.2, 0.25) is 0 Å². The molecule has 1 fully saturated rings. The molecule has 0 amide bonds. The maximum absolute atomic E-state index is 13.5. The van der Waals surface area contributed by atoms with E-state index in [0.29, 0.717) is 17.1 Å². The summed E-state index contributed by atoms with van der Waals surface area (Å²) in [5.41, 5.74) is 0.615. The van der Waals surface area contributed by atoms with Crippen LogP contribution in [0.1, 0.15) is 47.6 Å². The number of rotatable bonds is 4. The molecule has 32 heavy (non-hydrogen) atoms. The minimum Gasteiger partial charge on any atom is -0.478 e. The van der Waals surface area contributed by atoms with Gasteiger partial charge >= 0.3 is 12.1 Å². The lowest BCUT2D eigenvalue weighted by Crippen LogP contribution is -2.07. The number of hydrogen-bond acceptors (Lipinski definition) is 3. The molecule has 1 N–H and O–H groups in total. The molecule has 0 unspecified atom stereocenters. The fourth-order valence-electron chi connectivity index (χ4n) is 4.49. The average Bonchev–Trinajstić information content (AvgIpc) is 3.50. The van der Waals surface area contributed by atoms with E-state index in [2.05, 4.69) is 4.98 Å². The van der Waals surface area contributed by atoms with Crippen LogP contribution in [0, 0.1) is 0 Å². The van der Waals surface area contributed by atoms with Gasteiger partial charge in [0.05, 0.1) is 22.2 Å². The molecule has 0 radical (unpaired) electrons. The first-order valence-corrected chi connectivity index (χ1v) is 10.3. The number of furan rings is 1. The van der Waals surface area contributed by atoms with Crippen LogP contribution in [0.3, 0.4) is 0 Å². The summed E-state index contributed by atoms with van der Waals surface area (Å²) < 4.78 is 48.3. The first-order valence-electron chi connectivity index (χ1n) is 10.3. The monoisotopic (exact) mass is 440 g/mol. The lowest BCUT2D eigenvalue weighted by Gasteiger charge is -2.15. The van der Waals surface area contributed by atoms with Crippen molar-refractivity contribution in [2.75, 3.05) is 0 Å². The summed E-state index contributed by atoms with van der Waals surface area (Å²) in [7, 11) is 0. The third-order valence-corrected chi connectivity index (χ3v) is 5.95. The van der Waals surface area contributed by atoms with E-state index in [9.17, 15) is 23.1 Å². The van der Waals surface area contributed by atoms with Crippen molar-refractivity contribution in [3.8, 4) is 22.9 Å². The molecule has 0 saturated heterocycles. The van der Waals surface area contributed by atoms with E-state index in [-0.39, 0.29) is 22.9 Å². The molecule has 4 aromatic rings.